The number of imidazole rings is 1. The van der Waals surface area contributed by atoms with Gasteiger partial charge in [-0.1, -0.05) is 77.6 Å². The van der Waals surface area contributed by atoms with Crippen LogP contribution in [-0.2, 0) is 30.3 Å². The van der Waals surface area contributed by atoms with Crippen molar-refractivity contribution >= 4 is 23.8 Å². The number of hydrogen-bond acceptors (Lipinski definition) is 6. The molecule has 224 valence electrons. The van der Waals surface area contributed by atoms with E-state index in [1.165, 1.54) is 44.9 Å². The number of hydrogen-bond donors (Lipinski definition) is 4. The Morgan fingerprint density at radius 3 is 1.72 bits per heavy atom. The lowest BCUT2D eigenvalue weighted by molar-refractivity contribution is -0.147. The molecule has 10 nitrogen and oxygen atoms in total. The van der Waals surface area contributed by atoms with Crippen LogP contribution in [-0.4, -0.2) is 56.6 Å². The van der Waals surface area contributed by atoms with Crippen LogP contribution >= 0.6 is 0 Å². The lowest BCUT2D eigenvalue weighted by Crippen LogP contribution is -2.43. The Morgan fingerprint density at radius 2 is 1.28 bits per heavy atom. The average molecular weight is 554 g/mol. The van der Waals surface area contributed by atoms with Crippen LogP contribution in [0.25, 0.3) is 0 Å². The highest BCUT2D eigenvalue weighted by Crippen LogP contribution is 2.11. The first-order valence-electron chi connectivity index (χ1n) is 14.7. The maximum atomic E-state index is 12.2. The summed E-state index contributed by atoms with van der Waals surface area (Å²) in [5.41, 5.74) is 0.798. The Morgan fingerprint density at radius 1 is 0.795 bits per heavy atom. The molecule has 0 aliphatic carbocycles. The minimum atomic E-state index is -0.759. The van der Waals surface area contributed by atoms with Crippen LogP contribution in [0.15, 0.2) is 12.5 Å². The summed E-state index contributed by atoms with van der Waals surface area (Å²) in [6.07, 6.45) is 19.5. The van der Waals surface area contributed by atoms with Crippen LogP contribution in [0.5, 0.6) is 0 Å². The standard InChI is InChI=1S/C20H35N3O3.C9H16O4/c1-3-5-6-7-8-9-10-11-12-13-19(24)23-18(20(25)26-4-2)14-17-15-21-16-22-17;10-8(11)6-4-2-1-3-5-7-9(12)13/h15-16,18H,3-14H2,1-2H3,(H,21,22)(H,23,24);1-7H2,(H,10,11)(H,12,13)/t18-;/m0./s1. The number of aromatic nitrogens is 2. The van der Waals surface area contributed by atoms with Crippen molar-refractivity contribution in [1.82, 2.24) is 15.3 Å². The molecule has 10 heteroatoms. The first-order valence-corrected chi connectivity index (χ1v) is 14.7. The fourth-order valence-corrected chi connectivity index (χ4v) is 4.00. The minimum Gasteiger partial charge on any atom is -0.481 e. The molecule has 0 aliphatic rings. The Hall–Kier alpha value is -2.91. The van der Waals surface area contributed by atoms with Gasteiger partial charge in [0.1, 0.15) is 6.04 Å². The van der Waals surface area contributed by atoms with Gasteiger partial charge in [-0.15, -0.1) is 0 Å². The van der Waals surface area contributed by atoms with Crippen molar-refractivity contribution in [3.8, 4) is 0 Å². The second-order valence-electron chi connectivity index (χ2n) is 9.79. The van der Waals surface area contributed by atoms with Gasteiger partial charge in [-0.2, -0.15) is 0 Å². The van der Waals surface area contributed by atoms with Gasteiger partial charge < -0.3 is 25.3 Å². The Kier molecular flexibility index (Phi) is 23.5. The monoisotopic (exact) mass is 553 g/mol. The third kappa shape index (κ3) is 23.9. The zero-order valence-electron chi connectivity index (χ0n) is 24.0. The molecule has 4 N–H and O–H groups in total. The molecule has 0 radical (unpaired) electrons. The molecular formula is C29H51N3O7. The Balaban J connectivity index is 0.000000935. The zero-order valence-corrected chi connectivity index (χ0v) is 24.0. The molecule has 1 heterocycles. The third-order valence-corrected chi connectivity index (χ3v) is 6.17. The van der Waals surface area contributed by atoms with Gasteiger partial charge in [0.05, 0.1) is 12.9 Å². The second kappa shape index (κ2) is 25.4. The van der Waals surface area contributed by atoms with E-state index in [1.54, 1.807) is 19.4 Å². The van der Waals surface area contributed by atoms with Crippen LogP contribution < -0.4 is 5.32 Å². The van der Waals surface area contributed by atoms with E-state index in [1.807, 2.05) is 0 Å². The number of ether oxygens (including phenoxy) is 1. The predicted octanol–water partition coefficient (Wildman–Crippen LogP) is 5.81. The molecule has 0 saturated heterocycles. The van der Waals surface area contributed by atoms with Crippen LogP contribution in [0.3, 0.4) is 0 Å². The maximum absolute atomic E-state index is 12.2. The molecule has 1 amide bonds. The quantitative estimate of drug-likeness (QED) is 0.0976. The largest absolute Gasteiger partial charge is 0.481 e. The molecule has 0 unspecified atom stereocenters. The van der Waals surface area contributed by atoms with Crippen molar-refractivity contribution in [3.63, 3.8) is 0 Å². The van der Waals surface area contributed by atoms with Gasteiger partial charge in [-0.05, 0) is 26.2 Å². The number of aromatic amines is 1. The van der Waals surface area contributed by atoms with Gasteiger partial charge in [-0.25, -0.2) is 9.78 Å². The Labute approximate surface area is 233 Å². The van der Waals surface area contributed by atoms with Crippen molar-refractivity contribution in [2.75, 3.05) is 6.61 Å². The van der Waals surface area contributed by atoms with Crippen molar-refractivity contribution in [3.05, 3.63) is 18.2 Å². The first kappa shape index (κ1) is 36.1. The van der Waals surface area contributed by atoms with Crippen molar-refractivity contribution < 1.29 is 34.1 Å². The van der Waals surface area contributed by atoms with Crippen molar-refractivity contribution in [2.45, 2.75) is 135 Å². The summed E-state index contributed by atoms with van der Waals surface area (Å²) in [4.78, 5) is 51.3. The number of unbranched alkanes of at least 4 members (excludes halogenated alkanes) is 12. The number of amides is 1. The lowest BCUT2D eigenvalue weighted by Gasteiger charge is -2.16. The van der Waals surface area contributed by atoms with Gasteiger partial charge >= 0.3 is 17.9 Å². The SMILES string of the molecule is CCCCCCCCCCCC(=O)N[C@@H](Cc1cnc[nH]1)C(=O)OCC.O=C(O)CCCCCCCC(=O)O. The summed E-state index contributed by atoms with van der Waals surface area (Å²) < 4.78 is 5.06. The fraction of sp³-hybridized carbons (Fsp3) is 0.759. The van der Waals surface area contributed by atoms with E-state index in [0.717, 1.165) is 37.8 Å². The number of carboxylic acid groups (broad SMARTS) is 2. The summed E-state index contributed by atoms with van der Waals surface area (Å²) in [6, 6.07) is -0.665. The smallest absolute Gasteiger partial charge is 0.329 e. The summed E-state index contributed by atoms with van der Waals surface area (Å²) in [5, 5.41) is 19.4. The van der Waals surface area contributed by atoms with Gasteiger partial charge in [0, 0.05) is 37.6 Å². The topological polar surface area (TPSA) is 159 Å². The van der Waals surface area contributed by atoms with Gasteiger partial charge in [0.25, 0.3) is 0 Å². The molecule has 0 spiro atoms. The van der Waals surface area contributed by atoms with E-state index >= 15 is 0 Å². The number of carbonyl (C=O) groups is 4. The third-order valence-electron chi connectivity index (χ3n) is 6.17. The van der Waals surface area contributed by atoms with Gasteiger partial charge in [0.2, 0.25) is 5.91 Å². The maximum Gasteiger partial charge on any atom is 0.329 e. The van der Waals surface area contributed by atoms with E-state index in [2.05, 4.69) is 22.2 Å². The van der Waals surface area contributed by atoms with E-state index in [9.17, 15) is 19.2 Å². The molecule has 1 aromatic rings. The van der Waals surface area contributed by atoms with Crippen molar-refractivity contribution in [2.24, 2.45) is 0 Å². The molecular weight excluding hydrogens is 502 g/mol. The van der Waals surface area contributed by atoms with E-state index in [0.29, 0.717) is 32.3 Å². The van der Waals surface area contributed by atoms with E-state index < -0.39 is 23.9 Å². The number of nitrogens with one attached hydrogen (secondary N) is 2. The number of carbonyl (C=O) groups excluding carboxylic acids is 2. The molecule has 0 aliphatic heterocycles. The van der Waals surface area contributed by atoms with Crippen LogP contribution in [0.2, 0.25) is 0 Å². The normalized spacial score (nSPS) is 11.2. The molecule has 39 heavy (non-hydrogen) atoms. The highest BCUT2D eigenvalue weighted by molar-refractivity contribution is 5.84. The van der Waals surface area contributed by atoms with Crippen molar-refractivity contribution in [1.29, 1.82) is 0 Å². The fourth-order valence-electron chi connectivity index (χ4n) is 4.00. The van der Waals surface area contributed by atoms with Gasteiger partial charge in [0.15, 0.2) is 0 Å². The molecule has 1 atom stereocenters. The number of esters is 1. The Bertz CT molecular complexity index is 751. The summed E-state index contributed by atoms with van der Waals surface area (Å²) in [5.74, 6) is -2.01. The minimum absolute atomic E-state index is 0.0921. The molecule has 0 fully saturated rings. The highest BCUT2D eigenvalue weighted by atomic mass is 16.5. The summed E-state index contributed by atoms with van der Waals surface area (Å²) in [7, 11) is 0. The van der Waals surface area contributed by atoms with Gasteiger partial charge in [-0.3, -0.25) is 14.4 Å². The molecule has 1 rings (SSSR count). The van der Waals surface area contributed by atoms with Crippen LogP contribution in [0, 0.1) is 0 Å². The summed E-state index contributed by atoms with van der Waals surface area (Å²) >= 11 is 0. The zero-order chi connectivity index (χ0) is 29.1. The molecule has 0 saturated carbocycles. The predicted molar refractivity (Wildman–Crippen MR) is 150 cm³/mol. The summed E-state index contributed by atoms with van der Waals surface area (Å²) in [6.45, 7) is 4.29. The van der Waals surface area contributed by atoms with Crippen LogP contribution in [0.1, 0.15) is 129 Å². The molecule has 0 aromatic carbocycles. The van der Waals surface area contributed by atoms with Crippen LogP contribution in [0.4, 0.5) is 0 Å². The second-order valence-corrected chi connectivity index (χ2v) is 9.79. The lowest BCUT2D eigenvalue weighted by atomic mass is 10.1. The number of nitrogens with zero attached hydrogens (tertiary/aromatic N) is 1. The van der Waals surface area contributed by atoms with E-state index in [-0.39, 0.29) is 18.7 Å². The number of carboxylic acids is 2. The van der Waals surface area contributed by atoms with E-state index in [4.69, 9.17) is 14.9 Å². The number of rotatable bonds is 23. The first-order chi connectivity index (χ1) is 18.8. The highest BCUT2D eigenvalue weighted by Gasteiger charge is 2.22. The molecule has 0 bridgehead atoms. The molecule has 1 aromatic heterocycles. The number of H-pyrrole nitrogens is 1. The number of aliphatic carboxylic acids is 2. The average Bonchev–Trinajstić information content (AvgIpc) is 3.40.